The van der Waals surface area contributed by atoms with Gasteiger partial charge in [-0.1, -0.05) is 17.7 Å². The van der Waals surface area contributed by atoms with Gasteiger partial charge in [0.05, 0.1) is 19.9 Å². The molecule has 2 aromatic carbocycles. The highest BCUT2D eigenvalue weighted by atomic mass is 32.2. The molecule has 1 aliphatic rings. The maximum atomic E-state index is 14.5. The Labute approximate surface area is 147 Å². The molecule has 0 N–H and O–H groups in total. The van der Waals surface area contributed by atoms with E-state index in [2.05, 4.69) is 0 Å². The molecule has 25 heavy (non-hydrogen) atoms. The molecule has 7 heteroatoms. The lowest BCUT2D eigenvalue weighted by molar-refractivity contribution is 0.350. The van der Waals surface area contributed by atoms with Gasteiger partial charge in [-0.15, -0.1) is 0 Å². The van der Waals surface area contributed by atoms with Crippen molar-refractivity contribution in [2.45, 2.75) is 24.7 Å². The first-order valence-corrected chi connectivity index (χ1v) is 9.36. The number of aryl methyl sites for hydroxylation is 2. The van der Waals surface area contributed by atoms with Crippen LogP contribution < -0.4 is 13.8 Å². The third-order valence-corrected chi connectivity index (χ3v) is 6.15. The van der Waals surface area contributed by atoms with E-state index in [9.17, 15) is 12.8 Å². The van der Waals surface area contributed by atoms with Crippen LogP contribution in [0.2, 0.25) is 0 Å². The first kappa shape index (κ1) is 17.5. The number of hydrogen-bond acceptors (Lipinski definition) is 4. The molecule has 0 atom stereocenters. The summed E-state index contributed by atoms with van der Waals surface area (Å²) in [6, 6.07) is 7.82. The summed E-state index contributed by atoms with van der Waals surface area (Å²) >= 11 is 0. The predicted octanol–water partition coefficient (Wildman–Crippen LogP) is 3.29. The van der Waals surface area contributed by atoms with E-state index in [1.807, 2.05) is 19.1 Å². The predicted molar refractivity (Wildman–Crippen MR) is 93.5 cm³/mol. The molecule has 2 aromatic rings. The monoisotopic (exact) mass is 365 g/mol. The quantitative estimate of drug-likeness (QED) is 0.834. The molecule has 5 nitrogen and oxygen atoms in total. The van der Waals surface area contributed by atoms with Gasteiger partial charge in [0, 0.05) is 18.7 Å². The number of fused-ring (bicyclic) bond motifs is 1. The maximum absolute atomic E-state index is 14.5. The molecular formula is C18H20FNO4S. The van der Waals surface area contributed by atoms with Crippen molar-refractivity contribution in [3.05, 3.63) is 47.3 Å². The van der Waals surface area contributed by atoms with Crippen LogP contribution in [0.5, 0.6) is 11.5 Å². The Morgan fingerprint density at radius 2 is 1.76 bits per heavy atom. The molecule has 1 heterocycles. The van der Waals surface area contributed by atoms with Gasteiger partial charge in [0.15, 0.2) is 11.5 Å². The van der Waals surface area contributed by atoms with Crippen LogP contribution in [-0.2, 0) is 16.4 Å². The van der Waals surface area contributed by atoms with E-state index in [0.717, 1.165) is 23.6 Å². The number of ether oxygens (including phenoxy) is 2. The van der Waals surface area contributed by atoms with Gasteiger partial charge >= 0.3 is 0 Å². The second-order valence-electron chi connectivity index (χ2n) is 5.95. The lowest BCUT2D eigenvalue weighted by Crippen LogP contribution is -2.36. The van der Waals surface area contributed by atoms with Crippen molar-refractivity contribution < 1.29 is 22.3 Å². The first-order chi connectivity index (χ1) is 11.9. The standard InChI is InChI=1S/C18H20FNO4S/c1-12-6-7-15-13(9-12)5-4-8-20(15)25(21,22)18-11-17(24-3)16(23-2)10-14(18)19/h6-7,9-11H,4-5,8H2,1-3H3. The summed E-state index contributed by atoms with van der Waals surface area (Å²) in [4.78, 5) is -0.418. The van der Waals surface area contributed by atoms with E-state index < -0.39 is 20.7 Å². The number of rotatable bonds is 4. The lowest BCUT2D eigenvalue weighted by Gasteiger charge is -2.31. The van der Waals surface area contributed by atoms with Crippen molar-refractivity contribution in [1.82, 2.24) is 0 Å². The molecule has 0 aromatic heterocycles. The SMILES string of the molecule is COc1cc(F)c(S(=O)(=O)N2CCCc3cc(C)ccc32)cc1OC. The number of methoxy groups -OCH3 is 2. The van der Waals surface area contributed by atoms with Crippen LogP contribution in [0.25, 0.3) is 0 Å². The third-order valence-electron chi connectivity index (χ3n) is 4.32. The van der Waals surface area contributed by atoms with E-state index in [1.165, 1.54) is 24.6 Å². The maximum Gasteiger partial charge on any atom is 0.267 e. The van der Waals surface area contributed by atoms with Crippen molar-refractivity contribution in [2.75, 3.05) is 25.1 Å². The molecule has 0 unspecified atom stereocenters. The molecule has 0 spiro atoms. The normalized spacial score (nSPS) is 14.2. The second-order valence-corrected chi connectivity index (χ2v) is 7.78. The fourth-order valence-electron chi connectivity index (χ4n) is 3.09. The van der Waals surface area contributed by atoms with E-state index in [0.29, 0.717) is 18.7 Å². The highest BCUT2D eigenvalue weighted by Gasteiger charge is 2.32. The molecule has 0 saturated carbocycles. The number of halogens is 1. The van der Waals surface area contributed by atoms with Crippen molar-refractivity contribution in [3.8, 4) is 11.5 Å². The fourth-order valence-corrected chi connectivity index (χ4v) is 4.70. The molecule has 3 rings (SSSR count). The lowest BCUT2D eigenvalue weighted by atomic mass is 10.0. The summed E-state index contributed by atoms with van der Waals surface area (Å²) in [5, 5.41) is 0. The summed E-state index contributed by atoms with van der Waals surface area (Å²) in [5.74, 6) is -0.547. The Morgan fingerprint density at radius 1 is 1.08 bits per heavy atom. The molecule has 0 saturated heterocycles. The fraction of sp³-hybridized carbons (Fsp3) is 0.333. The van der Waals surface area contributed by atoms with Crippen molar-refractivity contribution in [3.63, 3.8) is 0 Å². The zero-order valence-electron chi connectivity index (χ0n) is 14.4. The Bertz CT molecular complexity index is 912. The average molecular weight is 365 g/mol. The topological polar surface area (TPSA) is 55.8 Å². The van der Waals surface area contributed by atoms with Gasteiger partial charge in [-0.2, -0.15) is 0 Å². The Hall–Kier alpha value is -2.28. The molecule has 0 fully saturated rings. The van der Waals surface area contributed by atoms with Crippen LogP contribution in [-0.4, -0.2) is 29.2 Å². The van der Waals surface area contributed by atoms with Crippen molar-refractivity contribution >= 4 is 15.7 Å². The minimum absolute atomic E-state index is 0.147. The van der Waals surface area contributed by atoms with E-state index in [1.54, 1.807) is 6.07 Å². The Kier molecular flexibility index (Phi) is 4.60. The third kappa shape index (κ3) is 3.04. The first-order valence-electron chi connectivity index (χ1n) is 7.92. The summed E-state index contributed by atoms with van der Waals surface area (Å²) in [6.07, 6.45) is 1.49. The van der Waals surface area contributed by atoms with E-state index in [-0.39, 0.29) is 11.5 Å². The van der Waals surface area contributed by atoms with Crippen molar-refractivity contribution in [1.29, 1.82) is 0 Å². The zero-order chi connectivity index (χ0) is 18.2. The Balaban J connectivity index is 2.13. The number of anilines is 1. The number of benzene rings is 2. The molecule has 0 bridgehead atoms. The second kappa shape index (κ2) is 6.55. The molecule has 0 aliphatic carbocycles. The highest BCUT2D eigenvalue weighted by molar-refractivity contribution is 7.92. The molecule has 134 valence electrons. The molecular weight excluding hydrogens is 345 g/mol. The van der Waals surface area contributed by atoms with Crippen LogP contribution in [0.15, 0.2) is 35.2 Å². The molecule has 1 aliphatic heterocycles. The Morgan fingerprint density at radius 3 is 2.44 bits per heavy atom. The molecule has 0 radical (unpaired) electrons. The van der Waals surface area contributed by atoms with Crippen LogP contribution in [0.3, 0.4) is 0 Å². The summed E-state index contributed by atoms with van der Waals surface area (Å²) in [7, 11) is -1.30. The van der Waals surface area contributed by atoms with Gasteiger partial charge in [0.1, 0.15) is 10.7 Å². The van der Waals surface area contributed by atoms with Crippen LogP contribution in [0, 0.1) is 12.7 Å². The van der Waals surface area contributed by atoms with Crippen LogP contribution >= 0.6 is 0 Å². The largest absolute Gasteiger partial charge is 0.493 e. The minimum Gasteiger partial charge on any atom is -0.493 e. The highest BCUT2D eigenvalue weighted by Crippen LogP contribution is 2.37. The summed E-state index contributed by atoms with van der Waals surface area (Å²) < 4.78 is 52.2. The summed E-state index contributed by atoms with van der Waals surface area (Å²) in [6.45, 7) is 2.27. The van der Waals surface area contributed by atoms with Gasteiger partial charge in [-0.05, 0) is 31.4 Å². The van der Waals surface area contributed by atoms with Gasteiger partial charge < -0.3 is 9.47 Å². The van der Waals surface area contributed by atoms with Gasteiger partial charge in [-0.3, -0.25) is 4.31 Å². The average Bonchev–Trinajstić information content (AvgIpc) is 2.60. The van der Waals surface area contributed by atoms with E-state index >= 15 is 0 Å². The number of sulfonamides is 1. The van der Waals surface area contributed by atoms with Gasteiger partial charge in [-0.25, -0.2) is 12.8 Å². The molecule has 0 amide bonds. The summed E-state index contributed by atoms with van der Waals surface area (Å²) in [5.41, 5.74) is 2.62. The number of nitrogens with zero attached hydrogens (tertiary/aromatic N) is 1. The van der Waals surface area contributed by atoms with Crippen LogP contribution in [0.4, 0.5) is 10.1 Å². The number of hydrogen-bond donors (Lipinski definition) is 0. The smallest absolute Gasteiger partial charge is 0.267 e. The minimum atomic E-state index is -4.05. The van der Waals surface area contributed by atoms with E-state index in [4.69, 9.17) is 9.47 Å². The van der Waals surface area contributed by atoms with Crippen LogP contribution in [0.1, 0.15) is 17.5 Å². The van der Waals surface area contributed by atoms with Crippen molar-refractivity contribution in [2.24, 2.45) is 0 Å². The zero-order valence-corrected chi connectivity index (χ0v) is 15.2. The van der Waals surface area contributed by atoms with Gasteiger partial charge in [0.25, 0.3) is 10.0 Å². The van der Waals surface area contributed by atoms with Gasteiger partial charge in [0.2, 0.25) is 0 Å².